The molecule has 3 aromatic carbocycles. The van der Waals surface area contributed by atoms with Gasteiger partial charge in [0.1, 0.15) is 18.3 Å². The van der Waals surface area contributed by atoms with Crippen molar-refractivity contribution in [2.45, 2.75) is 52.2 Å². The highest BCUT2D eigenvalue weighted by atomic mass is 35.5. The summed E-state index contributed by atoms with van der Waals surface area (Å²) in [5.74, 6) is -0.608. The van der Waals surface area contributed by atoms with Crippen molar-refractivity contribution in [2.75, 3.05) is 24.2 Å². The van der Waals surface area contributed by atoms with Crippen LogP contribution in [-0.2, 0) is 32.6 Å². The van der Waals surface area contributed by atoms with E-state index in [1.807, 2.05) is 75.4 Å². The first kappa shape index (κ1) is 32.0. The molecule has 0 aliphatic heterocycles. The molecule has 41 heavy (non-hydrogen) atoms. The van der Waals surface area contributed by atoms with Crippen LogP contribution in [0.25, 0.3) is 0 Å². The van der Waals surface area contributed by atoms with E-state index in [9.17, 15) is 18.0 Å². The zero-order valence-corrected chi connectivity index (χ0v) is 25.7. The fourth-order valence-electron chi connectivity index (χ4n) is 4.46. The third-order valence-corrected chi connectivity index (χ3v) is 8.16. The van der Waals surface area contributed by atoms with Crippen molar-refractivity contribution in [3.05, 3.63) is 94.5 Å². The van der Waals surface area contributed by atoms with Crippen LogP contribution in [0.2, 0.25) is 5.02 Å². The van der Waals surface area contributed by atoms with Crippen LogP contribution in [0.15, 0.2) is 72.8 Å². The Labute approximate surface area is 248 Å². The lowest BCUT2D eigenvalue weighted by atomic mass is 10.0. The Balaban J connectivity index is 2.10. The van der Waals surface area contributed by atoms with E-state index in [0.717, 1.165) is 27.3 Å². The zero-order chi connectivity index (χ0) is 30.2. The van der Waals surface area contributed by atoms with Crippen LogP contribution in [0.3, 0.4) is 0 Å². The number of ether oxygens (including phenoxy) is 1. The molecule has 1 N–H and O–H groups in total. The summed E-state index contributed by atoms with van der Waals surface area (Å²) in [4.78, 5) is 29.4. The van der Waals surface area contributed by atoms with E-state index >= 15 is 0 Å². The van der Waals surface area contributed by atoms with Gasteiger partial charge in [0.25, 0.3) is 0 Å². The first-order valence-electron chi connectivity index (χ1n) is 13.4. The number of benzene rings is 3. The number of hydrogen-bond donors (Lipinski definition) is 1. The number of methoxy groups -OCH3 is 1. The quantitative estimate of drug-likeness (QED) is 0.299. The number of carbonyl (C=O) groups excluding carboxylic acids is 2. The van der Waals surface area contributed by atoms with Gasteiger partial charge in [-0.25, -0.2) is 8.42 Å². The van der Waals surface area contributed by atoms with Gasteiger partial charge < -0.3 is 15.0 Å². The number of hydrogen-bond acceptors (Lipinski definition) is 5. The Morgan fingerprint density at radius 2 is 1.68 bits per heavy atom. The summed E-state index contributed by atoms with van der Waals surface area (Å²) in [7, 11) is -2.55. The van der Waals surface area contributed by atoms with Crippen LogP contribution >= 0.6 is 11.6 Å². The molecule has 0 aromatic heterocycles. The van der Waals surface area contributed by atoms with Gasteiger partial charge in [-0.3, -0.25) is 13.9 Å². The van der Waals surface area contributed by atoms with Crippen molar-refractivity contribution in [3.8, 4) is 5.75 Å². The first-order valence-corrected chi connectivity index (χ1v) is 15.7. The Hall–Kier alpha value is -3.56. The van der Waals surface area contributed by atoms with Crippen molar-refractivity contribution in [1.82, 2.24) is 10.2 Å². The molecule has 220 valence electrons. The Kier molecular flexibility index (Phi) is 11.2. The topological polar surface area (TPSA) is 96.0 Å². The van der Waals surface area contributed by atoms with Gasteiger partial charge in [0, 0.05) is 24.0 Å². The van der Waals surface area contributed by atoms with E-state index in [1.54, 1.807) is 12.1 Å². The zero-order valence-electron chi connectivity index (χ0n) is 24.1. The van der Waals surface area contributed by atoms with Crippen molar-refractivity contribution < 1.29 is 22.7 Å². The third-order valence-electron chi connectivity index (χ3n) is 6.80. The molecule has 0 radical (unpaired) electrons. The van der Waals surface area contributed by atoms with Crippen molar-refractivity contribution in [2.24, 2.45) is 0 Å². The highest BCUT2D eigenvalue weighted by molar-refractivity contribution is 7.92. The number of nitrogens with zero attached hydrogens (tertiary/aromatic N) is 2. The van der Waals surface area contributed by atoms with E-state index in [4.69, 9.17) is 16.3 Å². The largest absolute Gasteiger partial charge is 0.495 e. The predicted octanol–water partition coefficient (Wildman–Crippen LogP) is 4.98. The summed E-state index contributed by atoms with van der Waals surface area (Å²) in [6.07, 6.45) is 1.98. The third kappa shape index (κ3) is 8.96. The molecule has 0 heterocycles. The van der Waals surface area contributed by atoms with Gasteiger partial charge in [-0.05, 0) is 49.6 Å². The molecule has 2 atom stereocenters. The molecule has 0 aliphatic rings. The molecular weight excluding hydrogens is 562 g/mol. The van der Waals surface area contributed by atoms with Crippen molar-refractivity contribution in [1.29, 1.82) is 0 Å². The van der Waals surface area contributed by atoms with Crippen molar-refractivity contribution in [3.63, 3.8) is 0 Å². The minimum atomic E-state index is -3.96. The van der Waals surface area contributed by atoms with Crippen LogP contribution in [0.5, 0.6) is 5.75 Å². The fraction of sp³-hybridized carbons (Fsp3) is 0.355. The number of halogens is 1. The van der Waals surface area contributed by atoms with Crippen LogP contribution in [0.4, 0.5) is 5.69 Å². The molecule has 8 nitrogen and oxygen atoms in total. The van der Waals surface area contributed by atoms with Gasteiger partial charge in [-0.1, -0.05) is 78.7 Å². The number of sulfonamides is 1. The Morgan fingerprint density at radius 1 is 1.00 bits per heavy atom. The molecule has 0 bridgehead atoms. The summed E-state index contributed by atoms with van der Waals surface area (Å²) in [5.41, 5.74) is 2.82. The standard InChI is InChI=1S/C31H38ClN3O5S/c1-6-23(3)33-31(37)28(18-24-12-8-7-9-13-24)34(20-25-14-10-11-22(2)17-25)30(36)21-35(41(5,38)39)27-19-26(32)15-16-29(27)40-4/h7-17,19,23,28H,6,18,20-21H2,1-5H3,(H,33,37)/t23-,28+/m1/s1. The molecule has 2 amide bonds. The predicted molar refractivity (Wildman–Crippen MR) is 164 cm³/mol. The summed E-state index contributed by atoms with van der Waals surface area (Å²) in [6.45, 7) is 5.37. The number of nitrogens with one attached hydrogen (secondary N) is 1. The highest BCUT2D eigenvalue weighted by Gasteiger charge is 2.34. The maximum Gasteiger partial charge on any atom is 0.244 e. The molecule has 3 aromatic rings. The summed E-state index contributed by atoms with van der Waals surface area (Å²) in [6, 6.07) is 20.7. The Bertz CT molecular complexity index is 1450. The van der Waals surface area contributed by atoms with Gasteiger partial charge in [-0.15, -0.1) is 0 Å². The average molecular weight is 600 g/mol. The SMILES string of the molecule is CC[C@@H](C)NC(=O)[C@H](Cc1ccccc1)N(Cc1cccc(C)c1)C(=O)CN(c1cc(Cl)ccc1OC)S(C)(=O)=O. The molecule has 3 rings (SSSR count). The molecule has 0 saturated heterocycles. The van der Waals surface area contributed by atoms with Crippen LogP contribution in [0.1, 0.15) is 37.0 Å². The fourth-order valence-corrected chi connectivity index (χ4v) is 5.47. The van der Waals surface area contributed by atoms with Crippen LogP contribution in [-0.4, -0.2) is 57.1 Å². The number of amides is 2. The minimum absolute atomic E-state index is 0.107. The Morgan fingerprint density at radius 3 is 2.29 bits per heavy atom. The monoisotopic (exact) mass is 599 g/mol. The molecule has 0 unspecified atom stereocenters. The second kappa shape index (κ2) is 14.4. The van der Waals surface area contributed by atoms with E-state index in [-0.39, 0.29) is 41.4 Å². The smallest absolute Gasteiger partial charge is 0.244 e. The van der Waals surface area contributed by atoms with Crippen molar-refractivity contribution >= 4 is 39.1 Å². The maximum absolute atomic E-state index is 14.2. The van der Waals surface area contributed by atoms with Gasteiger partial charge in [0.2, 0.25) is 21.8 Å². The second-order valence-electron chi connectivity index (χ2n) is 10.1. The van der Waals surface area contributed by atoms with Gasteiger partial charge in [0.15, 0.2) is 0 Å². The summed E-state index contributed by atoms with van der Waals surface area (Å²) in [5, 5.41) is 3.31. The normalized spacial score (nSPS) is 12.7. The number of anilines is 1. The summed E-state index contributed by atoms with van der Waals surface area (Å²) < 4.78 is 32.4. The molecule has 0 spiro atoms. The average Bonchev–Trinajstić information content (AvgIpc) is 2.93. The summed E-state index contributed by atoms with van der Waals surface area (Å²) >= 11 is 6.21. The molecule has 0 saturated carbocycles. The first-order chi connectivity index (χ1) is 19.4. The number of aryl methyl sites for hydroxylation is 1. The van der Waals surface area contributed by atoms with E-state index < -0.39 is 28.5 Å². The van der Waals surface area contributed by atoms with E-state index in [2.05, 4.69) is 5.32 Å². The lowest BCUT2D eigenvalue weighted by Crippen LogP contribution is -2.54. The van der Waals surface area contributed by atoms with E-state index in [1.165, 1.54) is 18.1 Å². The maximum atomic E-state index is 14.2. The molecule has 10 heteroatoms. The van der Waals surface area contributed by atoms with Gasteiger partial charge >= 0.3 is 0 Å². The molecule has 0 aliphatic carbocycles. The van der Waals surface area contributed by atoms with E-state index in [0.29, 0.717) is 6.42 Å². The minimum Gasteiger partial charge on any atom is -0.495 e. The highest BCUT2D eigenvalue weighted by Crippen LogP contribution is 2.33. The second-order valence-corrected chi connectivity index (χ2v) is 12.5. The van der Waals surface area contributed by atoms with Crippen LogP contribution < -0.4 is 14.4 Å². The molecular formula is C31H38ClN3O5S. The number of carbonyl (C=O) groups is 2. The lowest BCUT2D eigenvalue weighted by Gasteiger charge is -2.34. The van der Waals surface area contributed by atoms with Gasteiger partial charge in [-0.2, -0.15) is 0 Å². The van der Waals surface area contributed by atoms with Gasteiger partial charge in [0.05, 0.1) is 19.1 Å². The number of rotatable bonds is 13. The lowest BCUT2D eigenvalue weighted by molar-refractivity contribution is -0.140. The molecule has 0 fully saturated rings. The van der Waals surface area contributed by atoms with Crippen LogP contribution in [0, 0.1) is 6.92 Å².